The Balaban J connectivity index is 1.14. The van der Waals surface area contributed by atoms with Gasteiger partial charge in [-0.05, 0) is 67.6 Å². The minimum atomic E-state index is -4.76. The average Bonchev–Trinajstić information content (AvgIpc) is 3.64. The topological polar surface area (TPSA) is 84.8 Å². The Kier molecular flexibility index (Phi) is 7.66. The summed E-state index contributed by atoms with van der Waals surface area (Å²) in [5, 5.41) is 9.69. The fourth-order valence-corrected chi connectivity index (χ4v) is 6.61. The number of allylic oxidation sites excluding steroid dienone is 1. The number of hydrogen-bond donors (Lipinski definition) is 1. The van der Waals surface area contributed by atoms with Gasteiger partial charge in [0, 0.05) is 17.3 Å². The Hall–Kier alpha value is -4.65. The van der Waals surface area contributed by atoms with Gasteiger partial charge in [-0.25, -0.2) is 14.5 Å². The molecule has 3 unspecified atom stereocenters. The number of carbonyl (C=O) groups excluding carboxylic acids is 1. The number of amides is 2. The van der Waals surface area contributed by atoms with Crippen LogP contribution >= 0.6 is 11.8 Å². The van der Waals surface area contributed by atoms with E-state index in [1.807, 2.05) is 68.1 Å². The second-order valence-corrected chi connectivity index (χ2v) is 11.4. The molecule has 2 aliphatic heterocycles. The maximum atomic E-state index is 13.7. The second-order valence-electron chi connectivity index (χ2n) is 10.4. The quantitative estimate of drug-likeness (QED) is 0.240. The molecule has 0 aliphatic carbocycles. The molecule has 13 heteroatoms. The number of rotatable bonds is 6. The number of aromatic nitrogens is 3. The van der Waals surface area contributed by atoms with Crippen molar-refractivity contribution in [1.82, 2.24) is 25.0 Å². The van der Waals surface area contributed by atoms with Gasteiger partial charge in [-0.15, -0.1) is 18.3 Å². The summed E-state index contributed by atoms with van der Waals surface area (Å²) >= 11 is 1.60. The van der Waals surface area contributed by atoms with Crippen LogP contribution in [0.5, 0.6) is 11.5 Å². The summed E-state index contributed by atoms with van der Waals surface area (Å²) in [6.07, 6.45) is -3.27. The normalized spacial score (nSPS) is 18.3. The predicted molar refractivity (Wildman–Crippen MR) is 161 cm³/mol. The highest BCUT2D eigenvalue weighted by Gasteiger charge is 2.43. The molecule has 0 spiro atoms. The molecule has 3 heterocycles. The monoisotopic (exact) mass is 622 g/mol. The van der Waals surface area contributed by atoms with Crippen LogP contribution in [0, 0.1) is 0 Å². The van der Waals surface area contributed by atoms with E-state index in [4.69, 9.17) is 4.74 Å². The maximum absolute atomic E-state index is 13.7. The number of alkyl halides is 3. The van der Waals surface area contributed by atoms with Crippen molar-refractivity contribution >= 4 is 23.5 Å². The van der Waals surface area contributed by atoms with Gasteiger partial charge < -0.3 is 19.7 Å². The number of ether oxygens (including phenoxy) is 2. The molecule has 0 saturated carbocycles. The summed E-state index contributed by atoms with van der Waals surface area (Å²) < 4.78 is 48.2. The zero-order chi connectivity index (χ0) is 31.2. The van der Waals surface area contributed by atoms with E-state index < -0.39 is 6.36 Å². The molecular formula is C31H29F3N6O3S. The molecular weight excluding hydrogens is 593 g/mol. The van der Waals surface area contributed by atoms with Crippen LogP contribution in [-0.2, 0) is 0 Å². The smallest absolute Gasteiger partial charge is 0.497 e. The lowest BCUT2D eigenvalue weighted by Crippen LogP contribution is -2.54. The number of methoxy groups -OCH3 is 1. The first-order valence-corrected chi connectivity index (χ1v) is 14.7. The van der Waals surface area contributed by atoms with Crippen LogP contribution in [0.4, 0.5) is 23.7 Å². The summed E-state index contributed by atoms with van der Waals surface area (Å²) in [6, 6.07) is 18.3. The Bertz CT molecular complexity index is 1710. The largest absolute Gasteiger partial charge is 0.573 e. The van der Waals surface area contributed by atoms with Crippen LogP contribution < -0.4 is 19.7 Å². The van der Waals surface area contributed by atoms with Crippen LogP contribution in [0.1, 0.15) is 44.0 Å². The van der Waals surface area contributed by atoms with E-state index in [0.717, 1.165) is 33.8 Å². The molecule has 6 rings (SSSR count). The van der Waals surface area contributed by atoms with Crippen LogP contribution in [0.2, 0.25) is 0 Å². The molecule has 44 heavy (non-hydrogen) atoms. The third-order valence-electron chi connectivity index (χ3n) is 7.63. The van der Waals surface area contributed by atoms with Gasteiger partial charge in [0.25, 0.3) is 0 Å². The van der Waals surface area contributed by atoms with Crippen molar-refractivity contribution in [3.8, 4) is 28.6 Å². The number of hydrogen-bond acceptors (Lipinski definition) is 7. The molecule has 2 amide bonds. The number of nitrogens with one attached hydrogen (secondary N) is 1. The molecule has 3 aromatic carbocycles. The SMILES string of the molecule is COc1ccc2c(c1)N1C(C)=CSC1N(C(=O)NC(C)c1ccc(-c3ncn(-c4ccc(OC(F)(F)F)cc4)n3)cc1)C2C. The molecule has 0 saturated heterocycles. The second kappa shape index (κ2) is 11.5. The minimum Gasteiger partial charge on any atom is -0.497 e. The molecule has 228 valence electrons. The van der Waals surface area contributed by atoms with Crippen molar-refractivity contribution in [1.29, 1.82) is 0 Å². The van der Waals surface area contributed by atoms with Crippen molar-refractivity contribution in [2.24, 2.45) is 0 Å². The highest BCUT2D eigenvalue weighted by molar-refractivity contribution is 8.03. The highest BCUT2D eigenvalue weighted by atomic mass is 32.2. The molecule has 0 fully saturated rings. The van der Waals surface area contributed by atoms with Crippen LogP contribution in [0.25, 0.3) is 17.1 Å². The van der Waals surface area contributed by atoms with E-state index in [1.54, 1.807) is 18.9 Å². The number of thioether (sulfide) groups is 1. The Labute approximate surface area is 256 Å². The summed E-state index contributed by atoms with van der Waals surface area (Å²) in [5.74, 6) is 0.900. The molecule has 0 radical (unpaired) electrons. The third-order valence-corrected chi connectivity index (χ3v) is 8.79. The van der Waals surface area contributed by atoms with E-state index in [9.17, 15) is 18.0 Å². The predicted octanol–water partition coefficient (Wildman–Crippen LogP) is 7.39. The van der Waals surface area contributed by atoms with E-state index >= 15 is 0 Å². The Morgan fingerprint density at radius 2 is 1.75 bits per heavy atom. The lowest BCUT2D eigenvalue weighted by Gasteiger charge is -2.46. The number of fused-ring (bicyclic) bond motifs is 3. The van der Waals surface area contributed by atoms with E-state index in [2.05, 4.69) is 30.4 Å². The number of benzene rings is 3. The zero-order valence-electron chi connectivity index (χ0n) is 24.2. The van der Waals surface area contributed by atoms with E-state index in [-0.39, 0.29) is 29.4 Å². The number of anilines is 1. The first kappa shape index (κ1) is 29.4. The number of halogens is 3. The summed E-state index contributed by atoms with van der Waals surface area (Å²) in [4.78, 5) is 22.1. The van der Waals surface area contributed by atoms with Gasteiger partial charge >= 0.3 is 12.4 Å². The number of carbonyl (C=O) groups is 1. The molecule has 3 atom stereocenters. The summed E-state index contributed by atoms with van der Waals surface area (Å²) in [7, 11) is 1.65. The van der Waals surface area contributed by atoms with Crippen LogP contribution in [0.15, 0.2) is 84.2 Å². The maximum Gasteiger partial charge on any atom is 0.573 e. The first-order chi connectivity index (χ1) is 21.0. The van der Waals surface area contributed by atoms with Gasteiger partial charge in [0.15, 0.2) is 11.3 Å². The fourth-order valence-electron chi connectivity index (χ4n) is 5.36. The number of nitrogens with zero attached hydrogens (tertiary/aromatic N) is 5. The minimum absolute atomic E-state index is 0.159. The van der Waals surface area contributed by atoms with Crippen molar-refractivity contribution in [3.63, 3.8) is 0 Å². The summed E-state index contributed by atoms with van der Waals surface area (Å²) in [5.41, 5.74) is 5.12. The van der Waals surface area contributed by atoms with Gasteiger partial charge in [-0.3, -0.25) is 4.90 Å². The molecule has 9 nitrogen and oxygen atoms in total. The first-order valence-electron chi connectivity index (χ1n) is 13.8. The molecule has 1 N–H and O–H groups in total. The van der Waals surface area contributed by atoms with E-state index in [1.165, 1.54) is 35.3 Å². The summed E-state index contributed by atoms with van der Waals surface area (Å²) in [6.45, 7) is 6.00. The zero-order valence-corrected chi connectivity index (χ0v) is 25.1. The lowest BCUT2D eigenvalue weighted by atomic mass is 10.0. The van der Waals surface area contributed by atoms with Gasteiger partial charge in [0.05, 0.1) is 30.6 Å². The van der Waals surface area contributed by atoms with Gasteiger partial charge in [0.1, 0.15) is 17.8 Å². The standard InChI is InChI=1S/C31H29F3N6O3S/c1-18-16-44-30-39(18)27-15-25(42-4)13-14-26(27)20(3)40(30)29(41)36-19(2)21-5-7-22(8-6-21)28-35-17-38(37-28)23-9-11-24(12-10-23)43-31(32,33)34/h5-17,19-20,30H,1-4H3,(H,36,41). The van der Waals surface area contributed by atoms with Gasteiger partial charge in [-0.1, -0.05) is 42.1 Å². The van der Waals surface area contributed by atoms with Crippen LogP contribution in [0.3, 0.4) is 0 Å². The van der Waals surface area contributed by atoms with Crippen molar-refractivity contribution in [2.45, 2.75) is 44.7 Å². The van der Waals surface area contributed by atoms with Gasteiger partial charge in [0.2, 0.25) is 0 Å². The highest BCUT2D eigenvalue weighted by Crippen LogP contribution is 2.48. The average molecular weight is 623 g/mol. The lowest BCUT2D eigenvalue weighted by molar-refractivity contribution is -0.274. The fraction of sp³-hybridized carbons (Fsp3) is 0.258. The van der Waals surface area contributed by atoms with Crippen LogP contribution in [-0.4, -0.2) is 44.7 Å². The van der Waals surface area contributed by atoms with Crippen molar-refractivity contribution in [2.75, 3.05) is 12.0 Å². The Morgan fingerprint density at radius 3 is 2.43 bits per heavy atom. The molecule has 2 aliphatic rings. The Morgan fingerprint density at radius 1 is 1.05 bits per heavy atom. The van der Waals surface area contributed by atoms with Crippen molar-refractivity contribution in [3.05, 3.63) is 95.3 Å². The molecule has 0 bridgehead atoms. The van der Waals surface area contributed by atoms with E-state index in [0.29, 0.717) is 11.5 Å². The molecule has 4 aromatic rings. The molecule has 1 aromatic heterocycles. The van der Waals surface area contributed by atoms with Crippen molar-refractivity contribution < 1.29 is 27.4 Å². The third kappa shape index (κ3) is 5.66. The van der Waals surface area contributed by atoms with Gasteiger partial charge in [-0.2, -0.15) is 0 Å². The number of urea groups is 1.